The van der Waals surface area contributed by atoms with Gasteiger partial charge in [0.15, 0.2) is 5.96 Å². The molecule has 0 spiro atoms. The highest BCUT2D eigenvalue weighted by molar-refractivity contribution is 7.10. The normalized spacial score (nSPS) is 14.9. The summed E-state index contributed by atoms with van der Waals surface area (Å²) in [5, 5.41) is 8.78. The molecule has 1 amide bonds. The van der Waals surface area contributed by atoms with Crippen molar-refractivity contribution in [1.29, 1.82) is 0 Å². The van der Waals surface area contributed by atoms with Gasteiger partial charge < -0.3 is 15.5 Å². The summed E-state index contributed by atoms with van der Waals surface area (Å²) in [5.74, 6) is 1.01. The molecule has 2 heterocycles. The van der Waals surface area contributed by atoms with Gasteiger partial charge in [0.1, 0.15) is 0 Å². The fraction of sp³-hybridized carbons (Fsp3) is 0.368. The number of hydrogen-bond donors (Lipinski definition) is 2. The molecule has 2 aromatic rings. The second-order valence-electron chi connectivity index (χ2n) is 6.12. The van der Waals surface area contributed by atoms with Crippen LogP contribution in [0.5, 0.6) is 0 Å². The predicted molar refractivity (Wildman–Crippen MR) is 104 cm³/mol. The Kier molecular flexibility index (Phi) is 5.71. The van der Waals surface area contributed by atoms with E-state index in [-0.39, 0.29) is 5.91 Å². The molecule has 1 saturated heterocycles. The molecule has 1 aliphatic heterocycles. The number of benzene rings is 1. The fourth-order valence-electron chi connectivity index (χ4n) is 2.87. The van der Waals surface area contributed by atoms with Gasteiger partial charge in [-0.3, -0.25) is 9.79 Å². The quantitative estimate of drug-likeness (QED) is 0.639. The van der Waals surface area contributed by atoms with E-state index in [2.05, 4.69) is 46.1 Å². The Labute approximate surface area is 152 Å². The first-order valence-electron chi connectivity index (χ1n) is 8.54. The van der Waals surface area contributed by atoms with Crippen molar-refractivity contribution in [3.8, 4) is 0 Å². The lowest BCUT2D eigenvalue weighted by molar-refractivity contribution is -0.117. The predicted octanol–water partition coefficient (Wildman–Crippen LogP) is 3.05. The number of guanidine groups is 1. The number of thiophene rings is 1. The number of carbonyl (C=O) groups excluding carboxylic acids is 1. The molecule has 132 valence electrons. The maximum atomic E-state index is 11.8. The smallest absolute Gasteiger partial charge is 0.227 e. The Morgan fingerprint density at radius 2 is 1.96 bits per heavy atom. The SMILES string of the molecule is CN=C(NCc1ccc(N2CCCC2=O)cc1)NCc1sccc1C. The van der Waals surface area contributed by atoms with E-state index in [0.717, 1.165) is 36.7 Å². The van der Waals surface area contributed by atoms with E-state index < -0.39 is 0 Å². The number of nitrogens with one attached hydrogen (secondary N) is 2. The molecule has 1 fully saturated rings. The lowest BCUT2D eigenvalue weighted by atomic mass is 10.2. The Balaban J connectivity index is 1.51. The van der Waals surface area contributed by atoms with Crippen LogP contribution in [0, 0.1) is 6.92 Å². The molecule has 1 aromatic heterocycles. The molecule has 6 heteroatoms. The van der Waals surface area contributed by atoms with Crippen LogP contribution >= 0.6 is 11.3 Å². The van der Waals surface area contributed by atoms with E-state index >= 15 is 0 Å². The van der Waals surface area contributed by atoms with Crippen LogP contribution in [0.15, 0.2) is 40.7 Å². The van der Waals surface area contributed by atoms with Gasteiger partial charge in [0.25, 0.3) is 0 Å². The monoisotopic (exact) mass is 356 g/mol. The number of hydrogen-bond acceptors (Lipinski definition) is 3. The first-order chi connectivity index (χ1) is 12.2. The van der Waals surface area contributed by atoms with Gasteiger partial charge in [-0.1, -0.05) is 12.1 Å². The van der Waals surface area contributed by atoms with Gasteiger partial charge in [-0.05, 0) is 48.1 Å². The van der Waals surface area contributed by atoms with Crippen molar-refractivity contribution < 1.29 is 4.79 Å². The first-order valence-corrected chi connectivity index (χ1v) is 9.42. The summed E-state index contributed by atoms with van der Waals surface area (Å²) >= 11 is 1.75. The van der Waals surface area contributed by atoms with Crippen LogP contribution in [0.25, 0.3) is 0 Å². The van der Waals surface area contributed by atoms with Gasteiger partial charge in [0, 0.05) is 37.1 Å². The molecule has 1 aliphatic rings. The summed E-state index contributed by atoms with van der Waals surface area (Å²) in [6, 6.07) is 10.3. The van der Waals surface area contributed by atoms with Crippen LogP contribution in [0.4, 0.5) is 5.69 Å². The lowest BCUT2D eigenvalue weighted by Crippen LogP contribution is -2.36. The minimum Gasteiger partial charge on any atom is -0.352 e. The number of nitrogens with zero attached hydrogens (tertiary/aromatic N) is 2. The Hall–Kier alpha value is -2.34. The van der Waals surface area contributed by atoms with Crippen LogP contribution in [0.2, 0.25) is 0 Å². The highest BCUT2D eigenvalue weighted by Crippen LogP contribution is 2.21. The average molecular weight is 356 g/mol. The van der Waals surface area contributed by atoms with E-state index in [1.807, 2.05) is 17.0 Å². The summed E-state index contributed by atoms with van der Waals surface area (Å²) in [7, 11) is 1.78. The highest BCUT2D eigenvalue weighted by atomic mass is 32.1. The summed E-state index contributed by atoms with van der Waals surface area (Å²) < 4.78 is 0. The maximum absolute atomic E-state index is 11.8. The molecule has 0 atom stereocenters. The van der Waals surface area contributed by atoms with Crippen molar-refractivity contribution in [1.82, 2.24) is 10.6 Å². The van der Waals surface area contributed by atoms with Crippen LogP contribution < -0.4 is 15.5 Å². The molecule has 1 aromatic carbocycles. The Morgan fingerprint density at radius 3 is 2.56 bits per heavy atom. The van der Waals surface area contributed by atoms with Crippen LogP contribution in [-0.4, -0.2) is 25.5 Å². The van der Waals surface area contributed by atoms with E-state index in [4.69, 9.17) is 0 Å². The van der Waals surface area contributed by atoms with Crippen molar-refractivity contribution in [3.05, 3.63) is 51.7 Å². The zero-order valence-electron chi connectivity index (χ0n) is 14.7. The van der Waals surface area contributed by atoms with Crippen LogP contribution in [0.3, 0.4) is 0 Å². The van der Waals surface area contributed by atoms with Gasteiger partial charge >= 0.3 is 0 Å². The van der Waals surface area contributed by atoms with Gasteiger partial charge in [0.05, 0.1) is 6.54 Å². The van der Waals surface area contributed by atoms with Crippen molar-refractivity contribution in [3.63, 3.8) is 0 Å². The second-order valence-corrected chi connectivity index (χ2v) is 7.12. The number of carbonyl (C=O) groups is 1. The third-order valence-corrected chi connectivity index (χ3v) is 5.41. The maximum Gasteiger partial charge on any atom is 0.227 e. The standard InChI is InChI=1S/C19H24N4OS/c1-14-9-11-25-17(14)13-22-19(20-2)21-12-15-5-7-16(8-6-15)23-10-3-4-18(23)24/h5-9,11H,3-4,10,12-13H2,1-2H3,(H2,20,21,22). The number of aliphatic imine (C=N–C) groups is 1. The minimum absolute atomic E-state index is 0.222. The number of aryl methyl sites for hydroxylation is 1. The second kappa shape index (κ2) is 8.16. The van der Waals surface area contributed by atoms with Crippen LogP contribution in [-0.2, 0) is 17.9 Å². The molecule has 0 radical (unpaired) electrons. The van der Waals surface area contributed by atoms with Crippen molar-refractivity contribution in [2.45, 2.75) is 32.9 Å². The van der Waals surface area contributed by atoms with E-state index in [0.29, 0.717) is 13.0 Å². The lowest BCUT2D eigenvalue weighted by Gasteiger charge is -2.16. The Bertz CT molecular complexity index is 751. The molecule has 3 rings (SSSR count). The largest absolute Gasteiger partial charge is 0.352 e. The van der Waals surface area contributed by atoms with Gasteiger partial charge in [0.2, 0.25) is 5.91 Å². The minimum atomic E-state index is 0.222. The third kappa shape index (κ3) is 4.39. The van der Waals surface area contributed by atoms with Crippen LogP contribution in [0.1, 0.15) is 28.8 Å². The summed E-state index contributed by atoms with van der Waals surface area (Å²) in [6.07, 6.45) is 1.61. The molecule has 0 unspecified atom stereocenters. The van der Waals surface area contributed by atoms with E-state index in [1.54, 1.807) is 18.4 Å². The van der Waals surface area contributed by atoms with E-state index in [9.17, 15) is 4.79 Å². The first kappa shape index (κ1) is 17.5. The molecule has 0 saturated carbocycles. The van der Waals surface area contributed by atoms with Crippen molar-refractivity contribution in [2.75, 3.05) is 18.5 Å². The van der Waals surface area contributed by atoms with Gasteiger partial charge in [-0.25, -0.2) is 0 Å². The summed E-state index contributed by atoms with van der Waals surface area (Å²) in [5.41, 5.74) is 3.45. The number of amides is 1. The molecule has 0 aliphatic carbocycles. The van der Waals surface area contributed by atoms with Gasteiger partial charge in [-0.2, -0.15) is 0 Å². The van der Waals surface area contributed by atoms with E-state index in [1.165, 1.54) is 10.4 Å². The molecular weight excluding hydrogens is 332 g/mol. The summed E-state index contributed by atoms with van der Waals surface area (Å²) in [6.45, 7) is 4.42. The molecule has 2 N–H and O–H groups in total. The topological polar surface area (TPSA) is 56.7 Å². The zero-order chi connectivity index (χ0) is 17.6. The van der Waals surface area contributed by atoms with Gasteiger partial charge in [-0.15, -0.1) is 11.3 Å². The number of anilines is 1. The van der Waals surface area contributed by atoms with Crippen molar-refractivity contribution >= 4 is 28.9 Å². The summed E-state index contributed by atoms with van der Waals surface area (Å²) in [4.78, 5) is 19.3. The number of rotatable bonds is 5. The molecule has 5 nitrogen and oxygen atoms in total. The molecular formula is C19H24N4OS. The molecule has 0 bridgehead atoms. The Morgan fingerprint density at radius 1 is 1.20 bits per heavy atom. The van der Waals surface area contributed by atoms with Crippen molar-refractivity contribution in [2.24, 2.45) is 4.99 Å². The highest BCUT2D eigenvalue weighted by Gasteiger charge is 2.21. The average Bonchev–Trinajstić information content (AvgIpc) is 3.24. The molecule has 25 heavy (non-hydrogen) atoms. The third-order valence-electron chi connectivity index (χ3n) is 4.39. The zero-order valence-corrected chi connectivity index (χ0v) is 15.5. The fourth-order valence-corrected chi connectivity index (χ4v) is 3.72.